The number of hydrogen-bond donors (Lipinski definition) is 0. The van der Waals surface area contributed by atoms with Crippen molar-refractivity contribution in [3.63, 3.8) is 0 Å². The van der Waals surface area contributed by atoms with E-state index in [1.54, 1.807) is 4.90 Å². The van der Waals surface area contributed by atoms with E-state index in [-0.39, 0.29) is 24.8 Å². The first-order valence-corrected chi connectivity index (χ1v) is 6.21. The fourth-order valence-corrected chi connectivity index (χ4v) is 2.23. The van der Waals surface area contributed by atoms with Crippen LogP contribution >= 0.6 is 0 Å². The van der Waals surface area contributed by atoms with E-state index in [1.807, 2.05) is 54.6 Å². The van der Waals surface area contributed by atoms with Crippen molar-refractivity contribution >= 4 is 11.7 Å². The number of carbonyl (C=O) groups excluding carboxylic acids is 2. The molecule has 1 amide bonds. The molecule has 3 heteroatoms. The molecule has 1 heterocycles. The summed E-state index contributed by atoms with van der Waals surface area (Å²) in [5, 5.41) is 0. The average molecular weight is 251 g/mol. The molecule has 2 aromatic carbocycles. The molecule has 0 aliphatic carbocycles. The Morgan fingerprint density at radius 3 is 2.21 bits per heavy atom. The van der Waals surface area contributed by atoms with Crippen LogP contribution in [0.1, 0.15) is 10.4 Å². The molecule has 0 unspecified atom stereocenters. The summed E-state index contributed by atoms with van der Waals surface area (Å²) in [6.45, 7) is 0.476. The molecule has 3 nitrogen and oxygen atoms in total. The molecule has 3 rings (SSSR count). The van der Waals surface area contributed by atoms with Crippen LogP contribution in [0.3, 0.4) is 0 Å². The fourth-order valence-electron chi connectivity index (χ4n) is 2.23. The van der Waals surface area contributed by atoms with Crippen LogP contribution in [0.15, 0.2) is 54.6 Å². The maximum atomic E-state index is 12.3. The Balaban J connectivity index is 1.98. The Labute approximate surface area is 111 Å². The molecule has 0 N–H and O–H groups in total. The van der Waals surface area contributed by atoms with E-state index < -0.39 is 0 Å². The molecular formula is C16H13NO2. The van der Waals surface area contributed by atoms with Crippen molar-refractivity contribution in [3.05, 3.63) is 60.2 Å². The maximum Gasteiger partial charge on any atom is 0.255 e. The second kappa shape index (κ2) is 4.69. The number of nitrogens with zero attached hydrogens (tertiary/aromatic N) is 1. The third kappa shape index (κ3) is 2.15. The van der Waals surface area contributed by atoms with Crippen LogP contribution in [0, 0.1) is 0 Å². The van der Waals surface area contributed by atoms with Crippen molar-refractivity contribution in [3.8, 4) is 11.1 Å². The molecule has 1 saturated heterocycles. The highest BCUT2D eigenvalue weighted by molar-refractivity contribution is 6.06. The van der Waals surface area contributed by atoms with Gasteiger partial charge in [0.25, 0.3) is 5.91 Å². The van der Waals surface area contributed by atoms with Crippen molar-refractivity contribution in [1.82, 2.24) is 4.90 Å². The fraction of sp³-hybridized carbons (Fsp3) is 0.125. The van der Waals surface area contributed by atoms with Crippen molar-refractivity contribution < 1.29 is 9.59 Å². The van der Waals surface area contributed by atoms with Crippen LogP contribution in [0.4, 0.5) is 0 Å². The first-order chi connectivity index (χ1) is 9.25. The molecule has 0 bridgehead atoms. The van der Waals surface area contributed by atoms with Crippen LogP contribution in [-0.2, 0) is 4.79 Å². The Morgan fingerprint density at radius 2 is 1.53 bits per heavy atom. The van der Waals surface area contributed by atoms with E-state index >= 15 is 0 Å². The molecule has 0 aromatic heterocycles. The standard InChI is InChI=1S/C16H13NO2/c18-13-10-17(11-13)16(19)15-9-5-4-8-14(15)12-6-2-1-3-7-12/h1-9H,10-11H2. The van der Waals surface area contributed by atoms with Crippen molar-refractivity contribution in [2.24, 2.45) is 0 Å². The lowest BCUT2D eigenvalue weighted by molar-refractivity contribution is -0.127. The summed E-state index contributed by atoms with van der Waals surface area (Å²) in [6.07, 6.45) is 0. The smallest absolute Gasteiger partial charge is 0.255 e. The van der Waals surface area contributed by atoms with Gasteiger partial charge in [-0.3, -0.25) is 9.59 Å². The predicted octanol–water partition coefficient (Wildman–Crippen LogP) is 2.38. The van der Waals surface area contributed by atoms with Gasteiger partial charge in [0.2, 0.25) is 0 Å². The van der Waals surface area contributed by atoms with Gasteiger partial charge in [-0.2, -0.15) is 0 Å². The lowest BCUT2D eigenvalue weighted by atomic mass is 9.98. The highest BCUT2D eigenvalue weighted by Crippen LogP contribution is 2.25. The van der Waals surface area contributed by atoms with Gasteiger partial charge in [-0.1, -0.05) is 48.5 Å². The number of ketones is 1. The Hall–Kier alpha value is -2.42. The third-order valence-corrected chi connectivity index (χ3v) is 3.26. The minimum absolute atomic E-state index is 0.0703. The largest absolute Gasteiger partial charge is 0.324 e. The topological polar surface area (TPSA) is 37.4 Å². The summed E-state index contributed by atoms with van der Waals surface area (Å²) in [5.74, 6) is 0.0459. The molecular weight excluding hydrogens is 238 g/mol. The number of rotatable bonds is 2. The van der Waals surface area contributed by atoms with E-state index in [4.69, 9.17) is 0 Å². The number of carbonyl (C=O) groups is 2. The monoisotopic (exact) mass is 251 g/mol. The second-order valence-electron chi connectivity index (χ2n) is 4.61. The zero-order chi connectivity index (χ0) is 13.2. The Morgan fingerprint density at radius 1 is 0.895 bits per heavy atom. The van der Waals surface area contributed by atoms with Crippen LogP contribution in [0.5, 0.6) is 0 Å². The van der Waals surface area contributed by atoms with Gasteiger partial charge in [-0.25, -0.2) is 0 Å². The number of likely N-dealkylation sites (tertiary alicyclic amines) is 1. The normalized spacial score (nSPS) is 14.1. The van der Waals surface area contributed by atoms with Gasteiger partial charge in [-0.05, 0) is 17.2 Å². The molecule has 1 aliphatic heterocycles. The van der Waals surface area contributed by atoms with Crippen molar-refractivity contribution in [1.29, 1.82) is 0 Å². The first-order valence-electron chi connectivity index (χ1n) is 6.21. The summed E-state index contributed by atoms with van der Waals surface area (Å²) in [5.41, 5.74) is 2.58. The van der Waals surface area contributed by atoms with Crippen molar-refractivity contribution in [2.75, 3.05) is 13.1 Å². The van der Waals surface area contributed by atoms with Crippen LogP contribution < -0.4 is 0 Å². The van der Waals surface area contributed by atoms with Gasteiger partial charge in [0.05, 0.1) is 13.1 Å². The highest BCUT2D eigenvalue weighted by atomic mass is 16.2. The second-order valence-corrected chi connectivity index (χ2v) is 4.61. The summed E-state index contributed by atoms with van der Waals surface area (Å²) in [4.78, 5) is 24.9. The summed E-state index contributed by atoms with van der Waals surface area (Å²) in [7, 11) is 0. The van der Waals surface area contributed by atoms with E-state index in [9.17, 15) is 9.59 Å². The summed E-state index contributed by atoms with van der Waals surface area (Å²) < 4.78 is 0. The maximum absolute atomic E-state index is 12.3. The molecule has 0 radical (unpaired) electrons. The van der Waals surface area contributed by atoms with E-state index in [0.717, 1.165) is 11.1 Å². The summed E-state index contributed by atoms with van der Waals surface area (Å²) >= 11 is 0. The molecule has 1 fully saturated rings. The quantitative estimate of drug-likeness (QED) is 0.821. The molecule has 94 valence electrons. The highest BCUT2D eigenvalue weighted by Gasteiger charge is 2.29. The van der Waals surface area contributed by atoms with Gasteiger partial charge in [0.15, 0.2) is 5.78 Å². The molecule has 0 atom stereocenters. The Kier molecular flexibility index (Phi) is 2.88. The van der Waals surface area contributed by atoms with Gasteiger partial charge in [-0.15, -0.1) is 0 Å². The Bertz CT molecular complexity index is 626. The molecule has 0 spiro atoms. The average Bonchev–Trinajstić information content (AvgIpc) is 2.44. The van der Waals surface area contributed by atoms with Gasteiger partial charge < -0.3 is 4.90 Å². The number of hydrogen-bond acceptors (Lipinski definition) is 2. The lowest BCUT2D eigenvalue weighted by Crippen LogP contribution is -2.50. The third-order valence-electron chi connectivity index (χ3n) is 3.26. The van der Waals surface area contributed by atoms with Crippen molar-refractivity contribution in [2.45, 2.75) is 0 Å². The van der Waals surface area contributed by atoms with E-state index in [1.165, 1.54) is 0 Å². The predicted molar refractivity (Wildman–Crippen MR) is 72.8 cm³/mol. The lowest BCUT2D eigenvalue weighted by Gasteiger charge is -2.30. The summed E-state index contributed by atoms with van der Waals surface area (Å²) in [6, 6.07) is 17.3. The minimum Gasteiger partial charge on any atom is -0.324 e. The zero-order valence-corrected chi connectivity index (χ0v) is 10.4. The molecule has 0 saturated carbocycles. The van der Waals surface area contributed by atoms with Crippen LogP contribution in [0.2, 0.25) is 0 Å². The number of benzene rings is 2. The molecule has 1 aliphatic rings. The number of amides is 1. The van der Waals surface area contributed by atoms with E-state index in [0.29, 0.717) is 5.56 Å². The van der Waals surface area contributed by atoms with E-state index in [2.05, 4.69) is 0 Å². The minimum atomic E-state index is -0.0703. The van der Waals surface area contributed by atoms with Gasteiger partial charge in [0.1, 0.15) is 0 Å². The molecule has 2 aromatic rings. The van der Waals surface area contributed by atoms with Gasteiger partial charge >= 0.3 is 0 Å². The zero-order valence-electron chi connectivity index (χ0n) is 10.4. The van der Waals surface area contributed by atoms with Crippen LogP contribution in [-0.4, -0.2) is 29.7 Å². The number of Topliss-reactive ketones (excluding diaryl/α,β-unsaturated/α-hetero) is 1. The first kappa shape index (κ1) is 11.7. The van der Waals surface area contributed by atoms with Gasteiger partial charge in [0, 0.05) is 5.56 Å². The SMILES string of the molecule is O=C1CN(C(=O)c2ccccc2-c2ccccc2)C1. The van der Waals surface area contributed by atoms with Crippen LogP contribution in [0.25, 0.3) is 11.1 Å². The molecule has 19 heavy (non-hydrogen) atoms.